The first-order valence-corrected chi connectivity index (χ1v) is 10.7. The van der Waals surface area contributed by atoms with Gasteiger partial charge in [0.15, 0.2) is 9.84 Å². The third kappa shape index (κ3) is 5.65. The van der Waals surface area contributed by atoms with Gasteiger partial charge in [-0.05, 0) is 56.3 Å². The van der Waals surface area contributed by atoms with Crippen molar-refractivity contribution in [2.24, 2.45) is 0 Å². The van der Waals surface area contributed by atoms with Gasteiger partial charge in [-0.25, -0.2) is 8.42 Å². The molecule has 2 aromatic carbocycles. The third-order valence-corrected chi connectivity index (χ3v) is 6.31. The maximum Gasteiger partial charge on any atom is 0.238 e. The van der Waals surface area contributed by atoms with Crippen molar-refractivity contribution < 1.29 is 13.2 Å². The number of aryl methyl sites for hydroxylation is 2. The molecule has 0 aliphatic heterocycles. The van der Waals surface area contributed by atoms with E-state index in [0.717, 1.165) is 21.3 Å². The van der Waals surface area contributed by atoms with Crippen molar-refractivity contribution in [3.05, 3.63) is 58.1 Å². The highest BCUT2D eigenvalue weighted by Crippen LogP contribution is 2.19. The lowest BCUT2D eigenvalue weighted by Crippen LogP contribution is -2.33. The van der Waals surface area contributed by atoms with Gasteiger partial charge >= 0.3 is 0 Å². The van der Waals surface area contributed by atoms with Gasteiger partial charge in [-0.15, -0.1) is 0 Å². The van der Waals surface area contributed by atoms with Gasteiger partial charge in [-0.2, -0.15) is 0 Å². The molecule has 1 amide bonds. The monoisotopic (exact) mass is 438 g/mol. The van der Waals surface area contributed by atoms with E-state index in [1.54, 1.807) is 36.2 Å². The van der Waals surface area contributed by atoms with Crippen molar-refractivity contribution in [1.29, 1.82) is 0 Å². The summed E-state index contributed by atoms with van der Waals surface area (Å²) in [5.41, 5.74) is 2.81. The minimum atomic E-state index is -3.37. The number of hydrogen-bond acceptors (Lipinski definition) is 4. The summed E-state index contributed by atoms with van der Waals surface area (Å²) in [6, 6.07) is 12.4. The summed E-state index contributed by atoms with van der Waals surface area (Å²) in [6.45, 7) is 4.29. The SMILES string of the molecule is Cc1cccc(C)c1NC(=O)CN(C)CCS(=O)(=O)c1ccc(Br)cc1. The van der Waals surface area contributed by atoms with Crippen molar-refractivity contribution in [3.8, 4) is 0 Å². The number of anilines is 1. The normalized spacial score (nSPS) is 11.6. The lowest BCUT2D eigenvalue weighted by Gasteiger charge is -2.17. The average molecular weight is 439 g/mol. The maximum atomic E-state index is 12.4. The molecule has 0 aliphatic carbocycles. The summed E-state index contributed by atoms with van der Waals surface area (Å²) >= 11 is 3.29. The lowest BCUT2D eigenvalue weighted by molar-refractivity contribution is -0.117. The van der Waals surface area contributed by atoms with Crippen molar-refractivity contribution in [2.75, 3.05) is 31.2 Å². The van der Waals surface area contributed by atoms with Crippen LogP contribution in [0.3, 0.4) is 0 Å². The molecule has 5 nitrogen and oxygen atoms in total. The molecule has 7 heteroatoms. The Morgan fingerprint density at radius 2 is 1.65 bits per heavy atom. The van der Waals surface area contributed by atoms with Gasteiger partial charge in [0.25, 0.3) is 0 Å². The number of para-hydroxylation sites is 1. The van der Waals surface area contributed by atoms with E-state index in [0.29, 0.717) is 0 Å². The molecular weight excluding hydrogens is 416 g/mol. The Morgan fingerprint density at radius 3 is 2.23 bits per heavy atom. The van der Waals surface area contributed by atoms with E-state index < -0.39 is 9.84 Å². The Hall–Kier alpha value is -1.70. The first-order chi connectivity index (χ1) is 12.2. The highest BCUT2D eigenvalue weighted by Gasteiger charge is 2.17. The Balaban J connectivity index is 1.91. The molecule has 0 saturated carbocycles. The second kappa shape index (κ2) is 8.79. The summed E-state index contributed by atoms with van der Waals surface area (Å²) in [7, 11) is -1.64. The van der Waals surface area contributed by atoms with E-state index in [-0.39, 0.29) is 29.6 Å². The van der Waals surface area contributed by atoms with Gasteiger partial charge in [-0.3, -0.25) is 9.69 Å². The van der Waals surface area contributed by atoms with Crippen LogP contribution in [0.15, 0.2) is 51.8 Å². The molecular formula is C19H23BrN2O3S. The fraction of sp³-hybridized carbons (Fsp3) is 0.316. The molecule has 2 aromatic rings. The Morgan fingerprint density at radius 1 is 1.08 bits per heavy atom. The van der Waals surface area contributed by atoms with E-state index in [9.17, 15) is 13.2 Å². The maximum absolute atomic E-state index is 12.4. The zero-order valence-corrected chi connectivity index (χ0v) is 17.5. The van der Waals surface area contributed by atoms with Crippen LogP contribution in [0, 0.1) is 13.8 Å². The fourth-order valence-electron chi connectivity index (χ4n) is 2.55. The third-order valence-electron chi connectivity index (χ3n) is 4.07. The van der Waals surface area contributed by atoms with Crippen LogP contribution in [0.2, 0.25) is 0 Å². The molecule has 2 rings (SSSR count). The number of benzene rings is 2. The first kappa shape index (κ1) is 20.6. The van der Waals surface area contributed by atoms with Gasteiger partial charge in [0.05, 0.1) is 17.2 Å². The van der Waals surface area contributed by atoms with Crippen LogP contribution in [0.25, 0.3) is 0 Å². The van der Waals surface area contributed by atoms with Crippen molar-refractivity contribution in [2.45, 2.75) is 18.7 Å². The molecule has 140 valence electrons. The Kier molecular flexibility index (Phi) is 6.97. The average Bonchev–Trinajstić information content (AvgIpc) is 2.57. The van der Waals surface area contributed by atoms with Gasteiger partial charge in [-0.1, -0.05) is 34.1 Å². The van der Waals surface area contributed by atoms with E-state index in [4.69, 9.17) is 0 Å². The topological polar surface area (TPSA) is 66.5 Å². The van der Waals surface area contributed by atoms with Crippen LogP contribution in [-0.2, 0) is 14.6 Å². The Bertz CT molecular complexity index is 860. The second-order valence-electron chi connectivity index (χ2n) is 6.33. The molecule has 0 aliphatic rings. The van der Waals surface area contributed by atoms with E-state index in [1.807, 2.05) is 32.0 Å². The molecule has 0 fully saturated rings. The van der Waals surface area contributed by atoms with Crippen LogP contribution < -0.4 is 5.32 Å². The van der Waals surface area contributed by atoms with Crippen molar-refractivity contribution in [3.63, 3.8) is 0 Å². The van der Waals surface area contributed by atoms with Gasteiger partial charge in [0, 0.05) is 16.7 Å². The van der Waals surface area contributed by atoms with Gasteiger partial charge in [0.1, 0.15) is 0 Å². The first-order valence-electron chi connectivity index (χ1n) is 8.22. The number of nitrogens with zero attached hydrogens (tertiary/aromatic N) is 1. The van der Waals surface area contributed by atoms with Crippen molar-refractivity contribution in [1.82, 2.24) is 4.90 Å². The van der Waals surface area contributed by atoms with Crippen LogP contribution >= 0.6 is 15.9 Å². The molecule has 0 heterocycles. The van der Waals surface area contributed by atoms with Crippen LogP contribution in [0.5, 0.6) is 0 Å². The summed E-state index contributed by atoms with van der Waals surface area (Å²) in [5, 5.41) is 2.91. The van der Waals surface area contributed by atoms with Crippen molar-refractivity contribution >= 4 is 37.4 Å². The zero-order chi connectivity index (χ0) is 19.3. The predicted octanol–water partition coefficient (Wildman–Crippen LogP) is 3.41. The molecule has 0 aromatic heterocycles. The fourth-order valence-corrected chi connectivity index (χ4v) is 4.15. The molecule has 0 unspecified atom stereocenters. The van der Waals surface area contributed by atoms with Crippen LogP contribution in [-0.4, -0.2) is 45.1 Å². The quantitative estimate of drug-likeness (QED) is 0.718. The largest absolute Gasteiger partial charge is 0.324 e. The number of carbonyl (C=O) groups is 1. The van der Waals surface area contributed by atoms with Gasteiger partial charge < -0.3 is 5.32 Å². The highest BCUT2D eigenvalue weighted by molar-refractivity contribution is 9.10. The second-order valence-corrected chi connectivity index (χ2v) is 9.35. The molecule has 0 atom stereocenters. The summed E-state index contributed by atoms with van der Waals surface area (Å²) < 4.78 is 25.6. The van der Waals surface area contributed by atoms with Crippen LogP contribution in [0.4, 0.5) is 5.69 Å². The number of sulfone groups is 1. The smallest absolute Gasteiger partial charge is 0.238 e. The van der Waals surface area contributed by atoms with Crippen LogP contribution in [0.1, 0.15) is 11.1 Å². The Labute approximate surface area is 163 Å². The number of amides is 1. The predicted molar refractivity (Wildman–Crippen MR) is 108 cm³/mol. The minimum absolute atomic E-state index is 0.0399. The highest BCUT2D eigenvalue weighted by atomic mass is 79.9. The van der Waals surface area contributed by atoms with E-state index >= 15 is 0 Å². The lowest BCUT2D eigenvalue weighted by atomic mass is 10.1. The number of halogens is 1. The summed E-state index contributed by atoms with van der Waals surface area (Å²) in [5.74, 6) is -0.201. The van der Waals surface area contributed by atoms with E-state index in [2.05, 4.69) is 21.2 Å². The molecule has 0 saturated heterocycles. The molecule has 0 bridgehead atoms. The number of carbonyl (C=O) groups excluding carboxylic acids is 1. The minimum Gasteiger partial charge on any atom is -0.324 e. The summed E-state index contributed by atoms with van der Waals surface area (Å²) in [6.07, 6.45) is 0. The molecule has 26 heavy (non-hydrogen) atoms. The van der Waals surface area contributed by atoms with E-state index in [1.165, 1.54) is 0 Å². The number of nitrogens with one attached hydrogen (secondary N) is 1. The number of hydrogen-bond donors (Lipinski definition) is 1. The summed E-state index contributed by atoms with van der Waals surface area (Å²) in [4.78, 5) is 14.2. The molecule has 1 N–H and O–H groups in total. The number of rotatable bonds is 7. The molecule has 0 spiro atoms. The number of likely N-dealkylation sites (N-methyl/N-ethyl adjacent to an activating group) is 1. The zero-order valence-electron chi connectivity index (χ0n) is 15.1. The van der Waals surface area contributed by atoms with Gasteiger partial charge in [0.2, 0.25) is 5.91 Å². The standard InChI is InChI=1S/C19H23BrN2O3S/c1-14-5-4-6-15(2)19(14)21-18(23)13-22(3)11-12-26(24,25)17-9-7-16(20)8-10-17/h4-10H,11-13H2,1-3H3,(H,21,23). The molecule has 0 radical (unpaired) electrons.